The number of hydrogen-bond donors (Lipinski definition) is 2. The van der Waals surface area contributed by atoms with Crippen LogP contribution < -0.4 is 5.73 Å². The number of carboxylic acid groups (broad SMARTS) is 1. The molecule has 1 fully saturated rings. The van der Waals surface area contributed by atoms with Crippen molar-refractivity contribution in [2.75, 3.05) is 0 Å². The van der Waals surface area contributed by atoms with Crippen molar-refractivity contribution in [3.8, 4) is 0 Å². The molecule has 0 spiro atoms. The van der Waals surface area contributed by atoms with Gasteiger partial charge in [-0.2, -0.15) is 0 Å². The largest absolute Gasteiger partial charge is 0.522 e. The summed E-state index contributed by atoms with van der Waals surface area (Å²) >= 11 is 0. The van der Waals surface area contributed by atoms with Crippen molar-refractivity contribution in [3.05, 3.63) is 0 Å². The summed E-state index contributed by atoms with van der Waals surface area (Å²) in [5, 5.41) is 8.73. The molecule has 0 radical (unpaired) electrons. The van der Waals surface area contributed by atoms with Crippen molar-refractivity contribution < 1.29 is 27.8 Å². The van der Waals surface area contributed by atoms with E-state index in [1.807, 2.05) is 0 Å². The number of ether oxygens (including phenoxy) is 1. The summed E-state index contributed by atoms with van der Waals surface area (Å²) in [6.07, 6.45) is -5.60. The Morgan fingerprint density at radius 3 is 2.20 bits per heavy atom. The zero-order valence-electron chi connectivity index (χ0n) is 7.88. The normalized spacial score (nSPS) is 32.7. The van der Waals surface area contributed by atoms with Gasteiger partial charge in [-0.25, -0.2) is 0 Å². The SMILES string of the molecule is NC1(C(=O)O)CCC(OC(F)(F)F)CC1. The van der Waals surface area contributed by atoms with Crippen LogP contribution in [-0.4, -0.2) is 29.1 Å². The first-order valence-electron chi connectivity index (χ1n) is 4.50. The molecule has 0 atom stereocenters. The number of aliphatic carboxylic acids is 1. The molecule has 88 valence electrons. The second-order valence-electron chi connectivity index (χ2n) is 3.72. The van der Waals surface area contributed by atoms with E-state index in [2.05, 4.69) is 4.74 Å². The third kappa shape index (κ3) is 3.35. The van der Waals surface area contributed by atoms with Crippen LogP contribution in [0.1, 0.15) is 25.7 Å². The molecule has 0 aromatic carbocycles. The number of hydrogen-bond acceptors (Lipinski definition) is 3. The Balaban J connectivity index is 2.46. The zero-order chi connectivity index (χ0) is 11.7. The lowest BCUT2D eigenvalue weighted by molar-refractivity contribution is -0.345. The molecule has 0 aromatic rings. The van der Waals surface area contributed by atoms with E-state index in [4.69, 9.17) is 10.8 Å². The molecule has 0 amide bonds. The van der Waals surface area contributed by atoms with E-state index in [1.165, 1.54) is 0 Å². The van der Waals surface area contributed by atoms with Crippen molar-refractivity contribution in [2.45, 2.75) is 43.7 Å². The van der Waals surface area contributed by atoms with E-state index in [9.17, 15) is 18.0 Å². The third-order valence-electron chi connectivity index (χ3n) is 2.55. The number of halogens is 3. The van der Waals surface area contributed by atoms with Crippen LogP contribution in [0.5, 0.6) is 0 Å². The van der Waals surface area contributed by atoms with Crippen LogP contribution in [0.25, 0.3) is 0 Å². The lowest BCUT2D eigenvalue weighted by atomic mass is 9.81. The van der Waals surface area contributed by atoms with Crippen LogP contribution in [0.15, 0.2) is 0 Å². The summed E-state index contributed by atoms with van der Waals surface area (Å²) in [6, 6.07) is 0. The third-order valence-corrected chi connectivity index (χ3v) is 2.55. The van der Waals surface area contributed by atoms with Gasteiger partial charge in [0.2, 0.25) is 0 Å². The van der Waals surface area contributed by atoms with Gasteiger partial charge in [0.1, 0.15) is 5.54 Å². The van der Waals surface area contributed by atoms with E-state index in [0.29, 0.717) is 0 Å². The Morgan fingerprint density at radius 1 is 1.40 bits per heavy atom. The molecule has 1 rings (SSSR count). The first-order valence-corrected chi connectivity index (χ1v) is 4.50. The van der Waals surface area contributed by atoms with Crippen LogP contribution in [0.2, 0.25) is 0 Å². The van der Waals surface area contributed by atoms with Crippen LogP contribution in [0.4, 0.5) is 13.2 Å². The summed E-state index contributed by atoms with van der Waals surface area (Å²) in [5.41, 5.74) is 4.09. The molecule has 0 aromatic heterocycles. The van der Waals surface area contributed by atoms with Gasteiger partial charge in [-0.05, 0) is 25.7 Å². The fraction of sp³-hybridized carbons (Fsp3) is 0.875. The molecule has 0 bridgehead atoms. The average Bonchev–Trinajstić information content (AvgIpc) is 2.07. The second-order valence-corrected chi connectivity index (χ2v) is 3.72. The van der Waals surface area contributed by atoms with Crippen molar-refractivity contribution in [1.82, 2.24) is 0 Å². The summed E-state index contributed by atoms with van der Waals surface area (Å²) in [6.45, 7) is 0. The summed E-state index contributed by atoms with van der Waals surface area (Å²) < 4.78 is 39.3. The Hall–Kier alpha value is -0.820. The van der Waals surface area contributed by atoms with Gasteiger partial charge in [0.05, 0.1) is 6.10 Å². The Kier molecular flexibility index (Phi) is 3.25. The van der Waals surface area contributed by atoms with Gasteiger partial charge in [-0.1, -0.05) is 0 Å². The molecule has 15 heavy (non-hydrogen) atoms. The van der Waals surface area contributed by atoms with Gasteiger partial charge in [0, 0.05) is 0 Å². The first-order chi connectivity index (χ1) is 6.73. The van der Waals surface area contributed by atoms with Crippen LogP contribution in [0.3, 0.4) is 0 Å². The predicted molar refractivity (Wildman–Crippen MR) is 44.0 cm³/mol. The van der Waals surface area contributed by atoms with E-state index in [0.717, 1.165) is 0 Å². The maximum Gasteiger partial charge on any atom is 0.522 e. The van der Waals surface area contributed by atoms with E-state index >= 15 is 0 Å². The standard InChI is InChI=1S/C8H12F3NO3/c9-8(10,11)15-5-1-3-7(12,4-2-5)6(13)14/h5H,1-4,12H2,(H,13,14). The van der Waals surface area contributed by atoms with Crippen molar-refractivity contribution in [2.24, 2.45) is 5.73 Å². The highest BCUT2D eigenvalue weighted by Gasteiger charge is 2.42. The van der Waals surface area contributed by atoms with Crippen LogP contribution in [-0.2, 0) is 9.53 Å². The highest BCUT2D eigenvalue weighted by Crippen LogP contribution is 2.32. The molecule has 0 aliphatic heterocycles. The molecule has 1 aliphatic rings. The molecular weight excluding hydrogens is 215 g/mol. The molecule has 0 unspecified atom stereocenters. The second kappa shape index (κ2) is 3.97. The van der Waals surface area contributed by atoms with Crippen LogP contribution in [0, 0.1) is 0 Å². The smallest absolute Gasteiger partial charge is 0.480 e. The molecule has 3 N–H and O–H groups in total. The minimum atomic E-state index is -4.66. The quantitative estimate of drug-likeness (QED) is 0.744. The topological polar surface area (TPSA) is 72.6 Å². The van der Waals surface area contributed by atoms with E-state index in [1.54, 1.807) is 0 Å². The minimum absolute atomic E-state index is 0.00306. The number of carbonyl (C=O) groups is 1. The maximum atomic E-state index is 11.8. The number of nitrogens with two attached hydrogens (primary N) is 1. The first kappa shape index (κ1) is 12.3. The van der Waals surface area contributed by atoms with Gasteiger partial charge in [0.15, 0.2) is 0 Å². The average molecular weight is 227 g/mol. The van der Waals surface area contributed by atoms with E-state index in [-0.39, 0.29) is 25.7 Å². The predicted octanol–water partition coefficient (Wildman–Crippen LogP) is 1.25. The summed E-state index contributed by atoms with van der Waals surface area (Å²) in [5.74, 6) is -1.17. The lowest BCUT2D eigenvalue weighted by Crippen LogP contribution is -2.51. The van der Waals surface area contributed by atoms with Crippen LogP contribution >= 0.6 is 0 Å². The number of carboxylic acids is 1. The molecule has 1 saturated carbocycles. The molecule has 0 saturated heterocycles. The Labute approximate surface area is 84.2 Å². The molecule has 0 heterocycles. The number of rotatable bonds is 2. The van der Waals surface area contributed by atoms with Gasteiger partial charge >= 0.3 is 12.3 Å². The summed E-state index contributed by atoms with van der Waals surface area (Å²) in [7, 11) is 0. The number of alkyl halides is 3. The zero-order valence-corrected chi connectivity index (χ0v) is 7.88. The van der Waals surface area contributed by atoms with Crippen molar-refractivity contribution >= 4 is 5.97 Å². The Bertz CT molecular complexity index is 246. The van der Waals surface area contributed by atoms with Gasteiger partial charge in [-0.3, -0.25) is 9.53 Å². The molecule has 1 aliphatic carbocycles. The molecular formula is C8H12F3NO3. The van der Waals surface area contributed by atoms with Gasteiger partial charge in [0.25, 0.3) is 0 Å². The fourth-order valence-electron chi connectivity index (χ4n) is 1.63. The van der Waals surface area contributed by atoms with Gasteiger partial charge < -0.3 is 10.8 Å². The Morgan fingerprint density at radius 2 is 1.87 bits per heavy atom. The summed E-state index contributed by atoms with van der Waals surface area (Å²) in [4.78, 5) is 10.7. The monoisotopic (exact) mass is 227 g/mol. The fourth-order valence-corrected chi connectivity index (χ4v) is 1.63. The van der Waals surface area contributed by atoms with Crippen molar-refractivity contribution in [3.63, 3.8) is 0 Å². The molecule has 4 nitrogen and oxygen atoms in total. The molecule has 7 heteroatoms. The maximum absolute atomic E-state index is 11.8. The van der Waals surface area contributed by atoms with Crippen molar-refractivity contribution in [1.29, 1.82) is 0 Å². The van der Waals surface area contributed by atoms with E-state index < -0.39 is 24.0 Å². The highest BCUT2D eigenvalue weighted by atomic mass is 19.4. The minimum Gasteiger partial charge on any atom is -0.480 e. The highest BCUT2D eigenvalue weighted by molar-refractivity contribution is 5.78. The lowest BCUT2D eigenvalue weighted by Gasteiger charge is -2.33. The van der Waals surface area contributed by atoms with Gasteiger partial charge in [-0.15, -0.1) is 13.2 Å².